The van der Waals surface area contributed by atoms with Crippen LogP contribution in [0.2, 0.25) is 0 Å². The quantitative estimate of drug-likeness (QED) is 0.753. The predicted octanol–water partition coefficient (Wildman–Crippen LogP) is 2.06. The van der Waals surface area contributed by atoms with Crippen molar-refractivity contribution in [1.29, 1.82) is 0 Å². The molecule has 5 rings (SSSR count). The van der Waals surface area contributed by atoms with E-state index in [0.29, 0.717) is 6.07 Å². The van der Waals surface area contributed by atoms with Gasteiger partial charge in [-0.3, -0.25) is 14.4 Å². The number of halogens is 2. The number of fused-ring (bicyclic) bond motifs is 5. The van der Waals surface area contributed by atoms with E-state index in [1.165, 1.54) is 23.8 Å². The molecule has 3 heterocycles. The van der Waals surface area contributed by atoms with E-state index in [1.54, 1.807) is 4.90 Å². The zero-order valence-electron chi connectivity index (χ0n) is 17.2. The molecular weight excluding hydrogens is 424 g/mol. The highest BCUT2D eigenvalue weighted by Gasteiger charge is 2.47. The minimum atomic E-state index is -0.991. The average molecular weight is 445 g/mol. The molecule has 2 amide bonds. The molecule has 1 aromatic heterocycles. The number of aromatic hydroxyl groups is 1. The summed E-state index contributed by atoms with van der Waals surface area (Å²) >= 11 is 0. The third kappa shape index (κ3) is 3.17. The van der Waals surface area contributed by atoms with Gasteiger partial charge in [-0.1, -0.05) is 6.07 Å². The van der Waals surface area contributed by atoms with Crippen LogP contribution in [0.1, 0.15) is 58.6 Å². The number of nitrogens with one attached hydrogen (secondary N) is 1. The van der Waals surface area contributed by atoms with Crippen LogP contribution in [-0.4, -0.2) is 44.8 Å². The lowest BCUT2D eigenvalue weighted by molar-refractivity contribution is -0.132. The van der Waals surface area contributed by atoms with Crippen molar-refractivity contribution in [2.24, 2.45) is 0 Å². The van der Waals surface area contributed by atoms with Crippen LogP contribution in [0, 0.1) is 11.6 Å². The molecule has 0 radical (unpaired) electrons. The van der Waals surface area contributed by atoms with Crippen LogP contribution in [0.15, 0.2) is 29.2 Å². The zero-order chi connectivity index (χ0) is 22.7. The van der Waals surface area contributed by atoms with Gasteiger partial charge in [0.1, 0.15) is 17.2 Å². The molecule has 1 aliphatic carbocycles. The van der Waals surface area contributed by atoms with E-state index >= 15 is 0 Å². The van der Waals surface area contributed by atoms with Crippen LogP contribution < -0.4 is 10.7 Å². The third-order valence-electron chi connectivity index (χ3n) is 6.48. The highest BCUT2D eigenvalue weighted by molar-refractivity contribution is 5.99. The highest BCUT2D eigenvalue weighted by Crippen LogP contribution is 2.38. The molecule has 2 bridgehead atoms. The first-order valence-electron chi connectivity index (χ1n) is 10.4. The van der Waals surface area contributed by atoms with Crippen molar-refractivity contribution >= 4 is 11.8 Å². The molecule has 2 aliphatic heterocycles. The summed E-state index contributed by atoms with van der Waals surface area (Å²) in [7, 11) is 0. The minimum absolute atomic E-state index is 0.00364. The Morgan fingerprint density at radius 3 is 2.81 bits per heavy atom. The van der Waals surface area contributed by atoms with Gasteiger partial charge >= 0.3 is 0 Å². The Morgan fingerprint density at radius 1 is 1.28 bits per heavy atom. The SMILES string of the molecule is C[C@H](NC(=O)c1cn2c(c(O)c1=O)C(=O)N1C3CC[C@@H](C3)O[C@@H]1C2)c1ccc(F)cc1F. The molecule has 3 aliphatic rings. The number of rotatable bonds is 3. The lowest BCUT2D eigenvalue weighted by Crippen LogP contribution is -2.57. The molecule has 1 saturated carbocycles. The molecule has 1 aromatic carbocycles. The van der Waals surface area contributed by atoms with Gasteiger partial charge in [-0.2, -0.15) is 0 Å². The molecule has 10 heteroatoms. The Balaban J connectivity index is 1.46. The number of aromatic nitrogens is 1. The van der Waals surface area contributed by atoms with Crippen molar-refractivity contribution in [2.75, 3.05) is 0 Å². The Labute approximate surface area is 181 Å². The summed E-state index contributed by atoms with van der Waals surface area (Å²) in [5.74, 6) is -3.75. The molecule has 2 fully saturated rings. The molecule has 32 heavy (non-hydrogen) atoms. The summed E-state index contributed by atoms with van der Waals surface area (Å²) in [6.45, 7) is 1.65. The summed E-state index contributed by atoms with van der Waals surface area (Å²) in [5.41, 5.74) is -1.51. The van der Waals surface area contributed by atoms with Gasteiger partial charge in [0, 0.05) is 23.9 Å². The van der Waals surface area contributed by atoms with Crippen LogP contribution in [0.3, 0.4) is 0 Å². The number of benzene rings is 1. The van der Waals surface area contributed by atoms with Crippen LogP contribution in [0.4, 0.5) is 8.78 Å². The standard InChI is InChI=1S/C22H21F2N3O5/c1-10(14-5-2-11(23)6-16(14)24)25-21(30)15-8-26-9-17-27(12-3-4-13(7-12)32-17)22(31)18(26)20(29)19(15)28/h2,5-6,8,10,12-13,17,29H,3-4,7,9H2,1H3,(H,25,30)/t10-,12?,13-,17+/m0/s1. The summed E-state index contributed by atoms with van der Waals surface area (Å²) in [6.07, 6.45) is 3.12. The maximum Gasteiger partial charge on any atom is 0.276 e. The number of pyridine rings is 1. The second-order valence-electron chi connectivity index (χ2n) is 8.47. The Morgan fingerprint density at radius 2 is 2.06 bits per heavy atom. The molecule has 2 aromatic rings. The van der Waals surface area contributed by atoms with Gasteiger partial charge in [-0.25, -0.2) is 8.78 Å². The molecular formula is C22H21F2N3O5. The highest BCUT2D eigenvalue weighted by atomic mass is 19.1. The summed E-state index contributed by atoms with van der Waals surface area (Å²) in [6, 6.07) is 2.10. The number of hydrogen-bond donors (Lipinski definition) is 2. The van der Waals surface area contributed by atoms with Gasteiger partial charge in [0.05, 0.1) is 18.7 Å². The molecule has 2 N–H and O–H groups in total. The first-order valence-corrected chi connectivity index (χ1v) is 10.4. The number of carbonyl (C=O) groups excluding carboxylic acids is 2. The van der Waals surface area contributed by atoms with Gasteiger partial charge in [-0.15, -0.1) is 0 Å². The van der Waals surface area contributed by atoms with E-state index in [1.807, 2.05) is 0 Å². The van der Waals surface area contributed by atoms with Crippen molar-refractivity contribution in [1.82, 2.24) is 14.8 Å². The largest absolute Gasteiger partial charge is 0.503 e. The van der Waals surface area contributed by atoms with E-state index in [0.717, 1.165) is 25.3 Å². The smallest absolute Gasteiger partial charge is 0.276 e. The second kappa shape index (κ2) is 7.40. The van der Waals surface area contributed by atoms with Crippen LogP contribution in [0.25, 0.3) is 0 Å². The molecule has 168 valence electrons. The van der Waals surface area contributed by atoms with Crippen molar-refractivity contribution in [3.63, 3.8) is 0 Å². The first kappa shape index (κ1) is 20.6. The maximum atomic E-state index is 14.0. The maximum absolute atomic E-state index is 14.0. The molecule has 1 unspecified atom stereocenters. The number of hydrogen-bond acceptors (Lipinski definition) is 5. The minimum Gasteiger partial charge on any atom is -0.503 e. The van der Waals surface area contributed by atoms with Gasteiger partial charge in [-0.05, 0) is 32.3 Å². The molecule has 0 spiro atoms. The first-order chi connectivity index (χ1) is 15.2. The van der Waals surface area contributed by atoms with Crippen LogP contribution in [-0.2, 0) is 11.3 Å². The summed E-state index contributed by atoms with van der Waals surface area (Å²) in [4.78, 5) is 40.2. The summed E-state index contributed by atoms with van der Waals surface area (Å²) in [5, 5.41) is 13.0. The van der Waals surface area contributed by atoms with Crippen molar-refractivity contribution in [3.8, 4) is 5.75 Å². The molecule has 1 saturated heterocycles. The number of ether oxygens (including phenoxy) is 1. The van der Waals surface area contributed by atoms with E-state index in [9.17, 15) is 28.3 Å². The van der Waals surface area contributed by atoms with Gasteiger partial charge in [0.15, 0.2) is 17.7 Å². The van der Waals surface area contributed by atoms with Crippen molar-refractivity contribution in [3.05, 3.63) is 63.1 Å². The van der Waals surface area contributed by atoms with Crippen LogP contribution >= 0.6 is 0 Å². The topological polar surface area (TPSA) is 101 Å². The Bertz CT molecular complexity index is 1200. The Kier molecular flexibility index (Phi) is 4.77. The lowest BCUT2D eigenvalue weighted by atomic mass is 10.1. The fourth-order valence-corrected chi connectivity index (χ4v) is 4.92. The predicted molar refractivity (Wildman–Crippen MR) is 107 cm³/mol. The molecule has 8 nitrogen and oxygen atoms in total. The van der Waals surface area contributed by atoms with Gasteiger partial charge in [0.2, 0.25) is 5.43 Å². The van der Waals surface area contributed by atoms with E-state index in [2.05, 4.69) is 5.32 Å². The van der Waals surface area contributed by atoms with Crippen LogP contribution in [0.5, 0.6) is 5.75 Å². The van der Waals surface area contributed by atoms with E-state index in [-0.39, 0.29) is 35.5 Å². The normalized spacial score (nSPS) is 24.7. The second-order valence-corrected chi connectivity index (χ2v) is 8.47. The fourth-order valence-electron chi connectivity index (χ4n) is 4.92. The number of carbonyl (C=O) groups is 2. The van der Waals surface area contributed by atoms with Crippen molar-refractivity contribution < 1.29 is 28.2 Å². The number of nitrogens with zero attached hydrogens (tertiary/aromatic N) is 2. The van der Waals surface area contributed by atoms with E-state index in [4.69, 9.17) is 4.74 Å². The van der Waals surface area contributed by atoms with Crippen molar-refractivity contribution in [2.45, 2.75) is 57.1 Å². The molecule has 4 atom stereocenters. The fraction of sp³-hybridized carbons (Fsp3) is 0.409. The number of amides is 2. The lowest BCUT2D eigenvalue weighted by Gasteiger charge is -2.44. The third-order valence-corrected chi connectivity index (χ3v) is 6.48. The Hall–Kier alpha value is -3.27. The summed E-state index contributed by atoms with van der Waals surface area (Å²) < 4.78 is 34.5. The van der Waals surface area contributed by atoms with E-state index < -0.39 is 46.9 Å². The zero-order valence-corrected chi connectivity index (χ0v) is 17.2. The van der Waals surface area contributed by atoms with Gasteiger partial charge in [0.25, 0.3) is 11.8 Å². The monoisotopic (exact) mass is 445 g/mol. The average Bonchev–Trinajstić information content (AvgIpc) is 3.11. The van der Waals surface area contributed by atoms with Gasteiger partial charge < -0.3 is 24.6 Å².